The van der Waals surface area contributed by atoms with Crippen molar-refractivity contribution in [2.75, 3.05) is 0 Å². The van der Waals surface area contributed by atoms with E-state index in [1.54, 1.807) is 18.3 Å². The van der Waals surface area contributed by atoms with Crippen molar-refractivity contribution in [3.8, 4) is 6.07 Å². The zero-order valence-electron chi connectivity index (χ0n) is 8.90. The van der Waals surface area contributed by atoms with Gasteiger partial charge in [-0.15, -0.1) is 0 Å². The van der Waals surface area contributed by atoms with Gasteiger partial charge in [-0.05, 0) is 34.5 Å². The largest absolute Gasteiger partial charge is 0.336 e. The number of aromatic nitrogens is 1. The molecule has 5 heteroatoms. The number of nitrogens with zero attached hydrogens (tertiary/aromatic N) is 2. The third-order valence-electron chi connectivity index (χ3n) is 2.03. The maximum absolute atomic E-state index is 11.7. The van der Waals surface area contributed by atoms with Crippen molar-refractivity contribution in [3.05, 3.63) is 28.5 Å². The summed E-state index contributed by atoms with van der Waals surface area (Å²) in [6.45, 7) is 1.97. The van der Waals surface area contributed by atoms with Crippen LogP contribution in [-0.4, -0.2) is 16.9 Å². The van der Waals surface area contributed by atoms with Gasteiger partial charge in [0.25, 0.3) is 5.91 Å². The molecule has 4 nitrogen and oxygen atoms in total. The van der Waals surface area contributed by atoms with Crippen LogP contribution in [-0.2, 0) is 0 Å². The Morgan fingerprint density at radius 1 is 1.75 bits per heavy atom. The van der Waals surface area contributed by atoms with Gasteiger partial charge in [-0.1, -0.05) is 13.3 Å². The molecule has 0 fully saturated rings. The number of hydrogen-bond acceptors (Lipinski definition) is 3. The van der Waals surface area contributed by atoms with E-state index in [9.17, 15) is 4.79 Å². The fraction of sp³-hybridized carbons (Fsp3) is 0.364. The quantitative estimate of drug-likeness (QED) is 0.861. The smallest absolute Gasteiger partial charge is 0.252 e. The third-order valence-corrected chi connectivity index (χ3v) is 2.46. The molecule has 0 aliphatic carbocycles. The van der Waals surface area contributed by atoms with E-state index >= 15 is 0 Å². The molecular formula is C11H12BrN3O. The van der Waals surface area contributed by atoms with Gasteiger partial charge < -0.3 is 5.32 Å². The van der Waals surface area contributed by atoms with E-state index in [1.165, 1.54) is 0 Å². The molecule has 84 valence electrons. The number of carbonyl (C=O) groups excluding carboxylic acids is 1. The van der Waals surface area contributed by atoms with Gasteiger partial charge in [0.1, 0.15) is 10.6 Å². The lowest BCUT2D eigenvalue weighted by Crippen LogP contribution is -2.33. The molecule has 1 atom stereocenters. The maximum Gasteiger partial charge on any atom is 0.252 e. The normalized spacial score (nSPS) is 11.6. The lowest BCUT2D eigenvalue weighted by atomic mass is 10.1. The molecule has 0 aliphatic rings. The first kappa shape index (κ1) is 12.7. The van der Waals surface area contributed by atoms with Crippen molar-refractivity contribution in [2.24, 2.45) is 0 Å². The van der Waals surface area contributed by atoms with Crippen molar-refractivity contribution in [2.45, 2.75) is 25.8 Å². The van der Waals surface area contributed by atoms with Crippen LogP contribution in [0.25, 0.3) is 0 Å². The highest BCUT2D eigenvalue weighted by Crippen LogP contribution is 2.08. The number of halogens is 1. The first-order valence-corrected chi connectivity index (χ1v) is 5.78. The SMILES string of the molecule is CCCC(C#N)NC(=O)c1ccnc(Br)c1. The van der Waals surface area contributed by atoms with Gasteiger partial charge in [0, 0.05) is 11.8 Å². The highest BCUT2D eigenvalue weighted by Gasteiger charge is 2.12. The fourth-order valence-electron chi connectivity index (χ4n) is 1.24. The third kappa shape index (κ3) is 3.63. The first-order valence-electron chi connectivity index (χ1n) is 4.99. The van der Waals surface area contributed by atoms with E-state index in [-0.39, 0.29) is 5.91 Å². The Bertz CT molecular complexity index is 414. The van der Waals surface area contributed by atoms with Crippen molar-refractivity contribution in [1.82, 2.24) is 10.3 Å². The molecule has 1 rings (SSSR count). The molecule has 1 unspecified atom stereocenters. The average Bonchev–Trinajstić information content (AvgIpc) is 2.28. The van der Waals surface area contributed by atoms with Crippen LogP contribution >= 0.6 is 15.9 Å². The second-order valence-electron chi connectivity index (χ2n) is 3.31. The minimum absolute atomic E-state index is 0.247. The van der Waals surface area contributed by atoms with Gasteiger partial charge >= 0.3 is 0 Å². The average molecular weight is 282 g/mol. The molecule has 1 aromatic rings. The number of pyridine rings is 1. The van der Waals surface area contributed by atoms with Crippen LogP contribution in [0.3, 0.4) is 0 Å². The summed E-state index contributed by atoms with van der Waals surface area (Å²) in [5, 5.41) is 11.5. The van der Waals surface area contributed by atoms with Crippen LogP contribution in [0.1, 0.15) is 30.1 Å². The summed E-state index contributed by atoms with van der Waals surface area (Å²) in [4.78, 5) is 15.7. The van der Waals surface area contributed by atoms with Crippen molar-refractivity contribution < 1.29 is 4.79 Å². The highest BCUT2D eigenvalue weighted by molar-refractivity contribution is 9.10. The monoisotopic (exact) mass is 281 g/mol. The van der Waals surface area contributed by atoms with E-state index in [2.05, 4.69) is 32.3 Å². The molecule has 16 heavy (non-hydrogen) atoms. The Hall–Kier alpha value is -1.41. The van der Waals surface area contributed by atoms with Crippen LogP contribution in [0.4, 0.5) is 0 Å². The van der Waals surface area contributed by atoms with Crippen LogP contribution in [0.5, 0.6) is 0 Å². The predicted molar refractivity (Wildman–Crippen MR) is 63.7 cm³/mol. The van der Waals surface area contributed by atoms with Crippen molar-refractivity contribution >= 4 is 21.8 Å². The Morgan fingerprint density at radius 3 is 3.06 bits per heavy atom. The summed E-state index contributed by atoms with van der Waals surface area (Å²) in [5.41, 5.74) is 0.498. The zero-order valence-corrected chi connectivity index (χ0v) is 10.5. The number of nitrogens with one attached hydrogen (secondary N) is 1. The lowest BCUT2D eigenvalue weighted by Gasteiger charge is -2.10. The molecule has 0 spiro atoms. The standard InChI is InChI=1S/C11H12BrN3O/c1-2-3-9(7-13)15-11(16)8-4-5-14-10(12)6-8/h4-6,9H,2-3H2,1H3,(H,15,16). The van der Waals surface area contributed by atoms with E-state index in [1.807, 2.05) is 6.92 Å². The Balaban J connectivity index is 2.69. The zero-order chi connectivity index (χ0) is 12.0. The summed E-state index contributed by atoms with van der Waals surface area (Å²) >= 11 is 3.19. The first-order chi connectivity index (χ1) is 7.67. The maximum atomic E-state index is 11.7. The molecule has 1 aromatic heterocycles. The summed E-state index contributed by atoms with van der Waals surface area (Å²) in [5.74, 6) is -0.247. The van der Waals surface area contributed by atoms with Gasteiger partial charge in [0.05, 0.1) is 6.07 Å². The van der Waals surface area contributed by atoms with Crippen LogP contribution in [0.15, 0.2) is 22.9 Å². The molecule has 0 aromatic carbocycles. The van der Waals surface area contributed by atoms with Crippen LogP contribution < -0.4 is 5.32 Å². The number of hydrogen-bond donors (Lipinski definition) is 1. The predicted octanol–water partition coefficient (Wildman–Crippen LogP) is 2.27. The molecule has 0 saturated carbocycles. The highest BCUT2D eigenvalue weighted by atomic mass is 79.9. The summed E-state index contributed by atoms with van der Waals surface area (Å²) < 4.78 is 0.601. The molecule has 1 heterocycles. The summed E-state index contributed by atoms with van der Waals surface area (Å²) in [6.07, 6.45) is 3.06. The molecule has 0 radical (unpaired) electrons. The molecule has 1 amide bonds. The molecule has 0 saturated heterocycles. The minimum Gasteiger partial charge on any atom is -0.336 e. The fourth-order valence-corrected chi connectivity index (χ4v) is 1.61. The Kier molecular flexibility index (Phi) is 4.93. The summed E-state index contributed by atoms with van der Waals surface area (Å²) in [6, 6.07) is 4.86. The molecular weight excluding hydrogens is 270 g/mol. The Labute approximate surface area is 103 Å². The van der Waals surface area contributed by atoms with Crippen LogP contribution in [0, 0.1) is 11.3 Å². The van der Waals surface area contributed by atoms with E-state index < -0.39 is 6.04 Å². The second kappa shape index (κ2) is 6.23. The van der Waals surface area contributed by atoms with Crippen LogP contribution in [0.2, 0.25) is 0 Å². The second-order valence-corrected chi connectivity index (χ2v) is 4.12. The van der Waals surface area contributed by atoms with Gasteiger partial charge in [-0.3, -0.25) is 4.79 Å². The van der Waals surface area contributed by atoms with Gasteiger partial charge in [-0.2, -0.15) is 5.26 Å². The minimum atomic E-state index is -0.426. The van der Waals surface area contributed by atoms with Gasteiger partial charge in [0.2, 0.25) is 0 Å². The number of carbonyl (C=O) groups is 1. The molecule has 0 aliphatic heterocycles. The van der Waals surface area contributed by atoms with Crippen molar-refractivity contribution in [1.29, 1.82) is 5.26 Å². The van der Waals surface area contributed by atoms with E-state index in [4.69, 9.17) is 5.26 Å². The van der Waals surface area contributed by atoms with E-state index in [0.717, 1.165) is 6.42 Å². The number of nitriles is 1. The van der Waals surface area contributed by atoms with Crippen molar-refractivity contribution in [3.63, 3.8) is 0 Å². The van der Waals surface area contributed by atoms with Gasteiger partial charge in [0.15, 0.2) is 0 Å². The molecule has 1 N–H and O–H groups in total. The lowest BCUT2D eigenvalue weighted by molar-refractivity contribution is 0.0943. The summed E-state index contributed by atoms with van der Waals surface area (Å²) in [7, 11) is 0. The molecule has 0 bridgehead atoms. The number of rotatable bonds is 4. The topological polar surface area (TPSA) is 65.8 Å². The van der Waals surface area contributed by atoms with Gasteiger partial charge in [-0.25, -0.2) is 4.98 Å². The van der Waals surface area contributed by atoms with E-state index in [0.29, 0.717) is 16.6 Å². The number of amides is 1. The Morgan fingerprint density at radius 2 is 2.50 bits per heavy atom.